The second kappa shape index (κ2) is 7.42. The van der Waals surface area contributed by atoms with E-state index >= 15 is 0 Å². The average molecular weight is 354 g/mol. The lowest BCUT2D eigenvalue weighted by Crippen LogP contribution is -2.45. The lowest BCUT2D eigenvalue weighted by Gasteiger charge is -2.35. The monoisotopic (exact) mass is 354 g/mol. The molecule has 128 valence electrons. The van der Waals surface area contributed by atoms with Crippen LogP contribution in [0.15, 0.2) is 40.9 Å². The SMILES string of the molecule is C[C@@H](SC1=C(C#N)C(C)(C)[C@H](C#N)C(=O)N1)C(=O)Nc1ccccc1. The van der Waals surface area contributed by atoms with E-state index in [0.717, 1.165) is 11.8 Å². The molecule has 1 heterocycles. The fourth-order valence-electron chi connectivity index (χ4n) is 2.51. The van der Waals surface area contributed by atoms with Gasteiger partial charge in [-0.2, -0.15) is 10.5 Å². The Balaban J connectivity index is 2.21. The number of benzene rings is 1. The molecule has 0 aromatic heterocycles. The van der Waals surface area contributed by atoms with Gasteiger partial charge in [-0.25, -0.2) is 0 Å². The molecule has 0 fully saturated rings. The molecule has 1 aromatic carbocycles. The van der Waals surface area contributed by atoms with E-state index in [4.69, 9.17) is 0 Å². The Morgan fingerprint density at radius 3 is 2.52 bits per heavy atom. The topological polar surface area (TPSA) is 106 Å². The van der Waals surface area contributed by atoms with Crippen molar-refractivity contribution in [1.82, 2.24) is 5.32 Å². The van der Waals surface area contributed by atoms with Gasteiger partial charge in [-0.15, -0.1) is 0 Å². The third-order valence-corrected chi connectivity index (χ3v) is 5.15. The summed E-state index contributed by atoms with van der Waals surface area (Å²) >= 11 is 1.10. The van der Waals surface area contributed by atoms with Crippen LogP contribution in [0.3, 0.4) is 0 Å². The summed E-state index contributed by atoms with van der Waals surface area (Å²) in [6.07, 6.45) is 0. The summed E-state index contributed by atoms with van der Waals surface area (Å²) in [5.41, 5.74) is 0.0686. The molecule has 2 N–H and O–H groups in total. The molecule has 1 aliphatic heterocycles. The highest BCUT2D eigenvalue weighted by Crippen LogP contribution is 2.42. The predicted octanol–water partition coefficient (Wildman–Crippen LogP) is 2.78. The van der Waals surface area contributed by atoms with Crippen molar-refractivity contribution >= 4 is 29.3 Å². The fraction of sp³-hybridized carbons (Fsp3) is 0.333. The molecular weight excluding hydrogens is 336 g/mol. The summed E-state index contributed by atoms with van der Waals surface area (Å²) < 4.78 is 0. The Labute approximate surface area is 150 Å². The molecule has 0 radical (unpaired) electrons. The first-order valence-corrected chi connectivity index (χ1v) is 8.57. The maximum atomic E-state index is 12.3. The zero-order chi connectivity index (χ0) is 18.6. The van der Waals surface area contributed by atoms with Gasteiger partial charge in [0.25, 0.3) is 0 Å². The van der Waals surface area contributed by atoms with Gasteiger partial charge in [-0.3, -0.25) is 9.59 Å². The van der Waals surface area contributed by atoms with Crippen LogP contribution in [0.5, 0.6) is 0 Å². The van der Waals surface area contributed by atoms with E-state index in [0.29, 0.717) is 16.3 Å². The van der Waals surface area contributed by atoms with Gasteiger partial charge in [0.2, 0.25) is 11.8 Å². The van der Waals surface area contributed by atoms with Crippen LogP contribution in [-0.2, 0) is 9.59 Å². The highest BCUT2D eigenvalue weighted by Gasteiger charge is 2.45. The molecule has 2 rings (SSSR count). The highest BCUT2D eigenvalue weighted by molar-refractivity contribution is 8.04. The summed E-state index contributed by atoms with van der Waals surface area (Å²) in [4.78, 5) is 24.5. The van der Waals surface area contributed by atoms with Gasteiger partial charge in [-0.1, -0.05) is 43.8 Å². The third-order valence-electron chi connectivity index (χ3n) is 4.04. The van der Waals surface area contributed by atoms with Gasteiger partial charge in [0.1, 0.15) is 5.92 Å². The van der Waals surface area contributed by atoms with Crippen LogP contribution in [-0.4, -0.2) is 17.1 Å². The molecule has 0 aliphatic carbocycles. The van der Waals surface area contributed by atoms with Crippen molar-refractivity contribution in [3.05, 3.63) is 40.9 Å². The molecule has 0 unspecified atom stereocenters. The fourth-order valence-corrected chi connectivity index (χ4v) is 3.62. The van der Waals surface area contributed by atoms with Crippen molar-refractivity contribution in [2.75, 3.05) is 5.32 Å². The van der Waals surface area contributed by atoms with Gasteiger partial charge >= 0.3 is 0 Å². The van der Waals surface area contributed by atoms with Crippen molar-refractivity contribution in [3.63, 3.8) is 0 Å². The Morgan fingerprint density at radius 2 is 1.96 bits per heavy atom. The van der Waals surface area contributed by atoms with Gasteiger partial charge in [-0.05, 0) is 19.1 Å². The van der Waals surface area contributed by atoms with Crippen LogP contribution in [0.2, 0.25) is 0 Å². The minimum atomic E-state index is -0.944. The zero-order valence-electron chi connectivity index (χ0n) is 14.2. The molecule has 7 heteroatoms. The average Bonchev–Trinajstić information content (AvgIpc) is 2.55. The van der Waals surface area contributed by atoms with Crippen LogP contribution in [0.25, 0.3) is 0 Å². The van der Waals surface area contributed by atoms with E-state index < -0.39 is 22.5 Å². The first kappa shape index (κ1) is 18.6. The van der Waals surface area contributed by atoms with E-state index in [9.17, 15) is 20.1 Å². The Kier molecular flexibility index (Phi) is 5.51. The Morgan fingerprint density at radius 1 is 1.32 bits per heavy atom. The Hall–Kier alpha value is -2.77. The number of hydrogen-bond donors (Lipinski definition) is 2. The van der Waals surface area contributed by atoms with E-state index in [2.05, 4.69) is 16.7 Å². The number of anilines is 1. The van der Waals surface area contributed by atoms with E-state index in [1.54, 1.807) is 32.9 Å². The highest BCUT2D eigenvalue weighted by atomic mass is 32.2. The summed E-state index contributed by atoms with van der Waals surface area (Å²) in [6, 6.07) is 13.1. The predicted molar refractivity (Wildman–Crippen MR) is 95.8 cm³/mol. The van der Waals surface area contributed by atoms with Crippen molar-refractivity contribution < 1.29 is 9.59 Å². The van der Waals surface area contributed by atoms with Crippen LogP contribution < -0.4 is 10.6 Å². The van der Waals surface area contributed by atoms with Crippen LogP contribution in [0.1, 0.15) is 20.8 Å². The number of nitriles is 2. The van der Waals surface area contributed by atoms with Gasteiger partial charge in [0, 0.05) is 11.1 Å². The van der Waals surface area contributed by atoms with Crippen LogP contribution in [0.4, 0.5) is 5.69 Å². The molecule has 1 aromatic rings. The van der Waals surface area contributed by atoms with Crippen molar-refractivity contribution in [3.8, 4) is 12.1 Å². The molecule has 0 saturated heterocycles. The van der Waals surface area contributed by atoms with Gasteiger partial charge < -0.3 is 10.6 Å². The van der Waals surface area contributed by atoms with Crippen molar-refractivity contribution in [1.29, 1.82) is 10.5 Å². The van der Waals surface area contributed by atoms with Crippen molar-refractivity contribution in [2.24, 2.45) is 11.3 Å². The summed E-state index contributed by atoms with van der Waals surface area (Å²) in [6.45, 7) is 5.07. The number of nitrogens with zero attached hydrogens (tertiary/aromatic N) is 2. The number of nitrogens with one attached hydrogen (secondary N) is 2. The lowest BCUT2D eigenvalue weighted by molar-refractivity contribution is -0.125. The minimum absolute atomic E-state index is 0.240. The number of carbonyl (C=O) groups excluding carboxylic acids is 2. The number of rotatable bonds is 4. The number of carbonyl (C=O) groups is 2. The molecule has 25 heavy (non-hydrogen) atoms. The third kappa shape index (κ3) is 3.84. The van der Waals surface area contributed by atoms with Gasteiger partial charge in [0.15, 0.2) is 0 Å². The first-order chi connectivity index (χ1) is 11.8. The van der Waals surface area contributed by atoms with Crippen LogP contribution in [0, 0.1) is 34.0 Å². The summed E-state index contributed by atoms with van der Waals surface area (Å²) in [7, 11) is 0. The van der Waals surface area contributed by atoms with E-state index in [1.165, 1.54) is 0 Å². The normalized spacial score (nSPS) is 20.0. The molecule has 6 nitrogen and oxygen atoms in total. The van der Waals surface area contributed by atoms with E-state index in [-0.39, 0.29) is 5.91 Å². The minimum Gasteiger partial charge on any atom is -0.325 e. The number of amides is 2. The summed E-state index contributed by atoms with van der Waals surface area (Å²) in [5.74, 6) is -1.64. The molecule has 2 amide bonds. The van der Waals surface area contributed by atoms with Crippen LogP contribution >= 0.6 is 11.8 Å². The van der Waals surface area contributed by atoms with E-state index in [1.807, 2.05) is 24.3 Å². The number of thioether (sulfide) groups is 1. The first-order valence-electron chi connectivity index (χ1n) is 7.69. The second-order valence-electron chi connectivity index (χ2n) is 6.20. The number of allylic oxidation sites excluding steroid dienone is 1. The largest absolute Gasteiger partial charge is 0.325 e. The maximum Gasteiger partial charge on any atom is 0.243 e. The molecule has 0 spiro atoms. The quantitative estimate of drug-likeness (QED) is 0.865. The lowest BCUT2D eigenvalue weighted by atomic mass is 9.72. The maximum absolute atomic E-state index is 12.3. The Bertz CT molecular complexity index is 803. The molecule has 2 atom stereocenters. The molecule has 0 saturated carbocycles. The second-order valence-corrected chi connectivity index (χ2v) is 7.56. The molecule has 1 aliphatic rings. The number of para-hydroxylation sites is 1. The standard InChI is InChI=1S/C18H18N4O2S/c1-11(15(23)21-12-7-5-4-6-8-12)25-17-14(10-20)18(2,3)13(9-19)16(24)22-17/h4-8,11,13H,1-3H3,(H,21,23)(H,22,24)/t11-,13-/m1/s1. The molecule has 0 bridgehead atoms. The smallest absolute Gasteiger partial charge is 0.243 e. The summed E-state index contributed by atoms with van der Waals surface area (Å²) in [5, 5.41) is 23.9. The number of hydrogen-bond acceptors (Lipinski definition) is 5. The zero-order valence-corrected chi connectivity index (χ0v) is 15.0. The van der Waals surface area contributed by atoms with Gasteiger partial charge in [0.05, 0.1) is 28.0 Å². The van der Waals surface area contributed by atoms with Crippen molar-refractivity contribution in [2.45, 2.75) is 26.0 Å². The molecular formula is C18H18N4O2S.